The van der Waals surface area contributed by atoms with Crippen LogP contribution < -0.4 is 20.7 Å². The number of anilines is 2. The highest BCUT2D eigenvalue weighted by Gasteiger charge is 2.16. The van der Waals surface area contributed by atoms with Crippen molar-refractivity contribution in [3.8, 4) is 5.75 Å². The van der Waals surface area contributed by atoms with Gasteiger partial charge in [0.05, 0.1) is 19.8 Å². The number of methoxy groups -OCH3 is 1. The molecule has 0 aromatic heterocycles. The van der Waals surface area contributed by atoms with Gasteiger partial charge in [-0.1, -0.05) is 0 Å². The molecule has 2 aromatic carbocycles. The van der Waals surface area contributed by atoms with Gasteiger partial charge < -0.3 is 20.1 Å². The molecular weight excluding hydrogens is 384 g/mol. The van der Waals surface area contributed by atoms with E-state index in [-0.39, 0.29) is 17.9 Å². The lowest BCUT2D eigenvalue weighted by molar-refractivity contribution is -0.114. The molecule has 1 atom stereocenters. The molecule has 8 nitrogen and oxygen atoms in total. The zero-order valence-corrected chi connectivity index (χ0v) is 17.1. The van der Waals surface area contributed by atoms with E-state index in [0.717, 1.165) is 30.9 Å². The summed E-state index contributed by atoms with van der Waals surface area (Å²) in [5, 5.41) is 8.64. The molecule has 2 amide bonds. The van der Waals surface area contributed by atoms with E-state index < -0.39 is 0 Å². The minimum Gasteiger partial charge on any atom is -0.497 e. The number of hydrogen-bond acceptors (Lipinski definition) is 5. The Bertz CT molecular complexity index is 888. The highest BCUT2D eigenvalue weighted by molar-refractivity contribution is 6.10. The van der Waals surface area contributed by atoms with Crippen molar-refractivity contribution in [2.75, 3.05) is 30.9 Å². The van der Waals surface area contributed by atoms with Crippen molar-refractivity contribution < 1.29 is 19.1 Å². The number of carbonyl (C=O) groups is 2. The number of hydrogen-bond donors (Lipinski definition) is 3. The lowest BCUT2D eigenvalue weighted by atomic mass is 10.2. The molecule has 1 aliphatic heterocycles. The van der Waals surface area contributed by atoms with Crippen LogP contribution in [0.2, 0.25) is 0 Å². The van der Waals surface area contributed by atoms with Gasteiger partial charge in [0.25, 0.3) is 5.91 Å². The third kappa shape index (κ3) is 6.31. The monoisotopic (exact) mass is 410 g/mol. The Morgan fingerprint density at radius 3 is 2.33 bits per heavy atom. The van der Waals surface area contributed by atoms with Crippen molar-refractivity contribution in [1.29, 1.82) is 0 Å². The Morgan fingerprint density at radius 2 is 1.73 bits per heavy atom. The molecular formula is C22H26N4O4. The second-order valence-corrected chi connectivity index (χ2v) is 6.89. The summed E-state index contributed by atoms with van der Waals surface area (Å²) in [5.41, 5.74) is 1.84. The first kappa shape index (κ1) is 21.3. The minimum absolute atomic E-state index is 0.0616. The molecule has 1 saturated heterocycles. The van der Waals surface area contributed by atoms with E-state index in [1.807, 2.05) is 24.3 Å². The van der Waals surface area contributed by atoms with E-state index in [9.17, 15) is 9.59 Å². The van der Waals surface area contributed by atoms with Gasteiger partial charge >= 0.3 is 0 Å². The molecule has 0 bridgehead atoms. The van der Waals surface area contributed by atoms with Gasteiger partial charge in [-0.25, -0.2) is 4.99 Å². The molecule has 0 saturated carbocycles. The van der Waals surface area contributed by atoms with Crippen molar-refractivity contribution in [3.63, 3.8) is 0 Å². The van der Waals surface area contributed by atoms with Gasteiger partial charge in [-0.2, -0.15) is 0 Å². The third-order valence-corrected chi connectivity index (χ3v) is 4.53. The fraction of sp³-hybridized carbons (Fsp3) is 0.318. The molecule has 0 unspecified atom stereocenters. The number of nitrogens with one attached hydrogen (secondary N) is 3. The minimum atomic E-state index is -0.309. The van der Waals surface area contributed by atoms with Gasteiger partial charge in [0.1, 0.15) is 5.75 Å². The Morgan fingerprint density at radius 1 is 1.07 bits per heavy atom. The van der Waals surface area contributed by atoms with Crippen LogP contribution in [0.1, 0.15) is 30.1 Å². The average Bonchev–Trinajstić information content (AvgIpc) is 3.26. The zero-order valence-electron chi connectivity index (χ0n) is 17.1. The topological polar surface area (TPSA) is 101 Å². The van der Waals surface area contributed by atoms with E-state index in [1.54, 1.807) is 31.4 Å². The highest BCUT2D eigenvalue weighted by Crippen LogP contribution is 2.16. The Labute approximate surface area is 175 Å². The number of amides is 2. The van der Waals surface area contributed by atoms with Crippen LogP contribution in [0.15, 0.2) is 53.5 Å². The molecule has 3 rings (SSSR count). The molecule has 1 heterocycles. The number of rotatable bonds is 6. The maximum absolute atomic E-state index is 12.7. The number of ether oxygens (including phenoxy) is 2. The van der Waals surface area contributed by atoms with Crippen LogP contribution in [0.3, 0.4) is 0 Å². The van der Waals surface area contributed by atoms with Crippen LogP contribution in [-0.2, 0) is 9.53 Å². The van der Waals surface area contributed by atoms with Crippen LogP contribution in [0.4, 0.5) is 11.4 Å². The fourth-order valence-corrected chi connectivity index (χ4v) is 2.99. The van der Waals surface area contributed by atoms with E-state index in [2.05, 4.69) is 20.9 Å². The molecule has 3 N–H and O–H groups in total. The summed E-state index contributed by atoms with van der Waals surface area (Å²) < 4.78 is 10.8. The number of guanidine groups is 1. The quantitative estimate of drug-likeness (QED) is 0.502. The van der Waals surface area contributed by atoms with Gasteiger partial charge in [-0.05, 0) is 61.4 Å². The zero-order chi connectivity index (χ0) is 21.3. The van der Waals surface area contributed by atoms with E-state index in [4.69, 9.17) is 9.47 Å². The summed E-state index contributed by atoms with van der Waals surface area (Å²) in [7, 11) is 1.61. The first-order valence-corrected chi connectivity index (χ1v) is 9.79. The second-order valence-electron chi connectivity index (χ2n) is 6.89. The largest absolute Gasteiger partial charge is 0.497 e. The molecule has 2 aromatic rings. The van der Waals surface area contributed by atoms with Gasteiger partial charge in [0.15, 0.2) is 0 Å². The summed E-state index contributed by atoms with van der Waals surface area (Å²) >= 11 is 0. The first-order valence-electron chi connectivity index (χ1n) is 9.79. The standard InChI is InChI=1S/C22H26N4O4/c1-15(27)24-17-7-5-16(6-8-17)21(28)26-22(23-14-20-4-3-13-30-20)25-18-9-11-19(29-2)12-10-18/h5-12,20H,3-4,13-14H2,1-2H3,(H,24,27)(H2,23,25,26,28)/t20-/m1/s1. The normalized spacial score (nSPS) is 16.1. The molecule has 0 aliphatic carbocycles. The van der Waals surface area contributed by atoms with Crippen LogP contribution in [0.25, 0.3) is 0 Å². The maximum Gasteiger partial charge on any atom is 0.257 e. The SMILES string of the molecule is COc1ccc(NC(=NC[C@H]2CCCO2)NC(=O)c2ccc(NC(C)=O)cc2)cc1. The number of nitrogens with zero attached hydrogens (tertiary/aromatic N) is 1. The lowest BCUT2D eigenvalue weighted by Crippen LogP contribution is -2.36. The number of benzene rings is 2. The van der Waals surface area contributed by atoms with Gasteiger partial charge in [0, 0.05) is 30.5 Å². The summed E-state index contributed by atoms with van der Waals surface area (Å²) in [4.78, 5) is 28.4. The van der Waals surface area contributed by atoms with Crippen molar-refractivity contribution in [3.05, 3.63) is 54.1 Å². The van der Waals surface area contributed by atoms with Crippen molar-refractivity contribution in [2.45, 2.75) is 25.9 Å². The molecule has 8 heteroatoms. The number of carbonyl (C=O) groups excluding carboxylic acids is 2. The van der Waals surface area contributed by atoms with Crippen molar-refractivity contribution >= 4 is 29.1 Å². The van der Waals surface area contributed by atoms with E-state index in [0.29, 0.717) is 23.8 Å². The number of aliphatic imine (C=N–C) groups is 1. The smallest absolute Gasteiger partial charge is 0.257 e. The molecule has 0 spiro atoms. The van der Waals surface area contributed by atoms with Crippen LogP contribution >= 0.6 is 0 Å². The average molecular weight is 410 g/mol. The van der Waals surface area contributed by atoms with Crippen molar-refractivity contribution in [2.24, 2.45) is 4.99 Å². The predicted octanol–water partition coefficient (Wildman–Crippen LogP) is 3.03. The van der Waals surface area contributed by atoms with Crippen LogP contribution in [0.5, 0.6) is 5.75 Å². The van der Waals surface area contributed by atoms with Gasteiger partial charge in [-0.15, -0.1) is 0 Å². The Hall–Kier alpha value is -3.39. The molecule has 30 heavy (non-hydrogen) atoms. The van der Waals surface area contributed by atoms with Crippen LogP contribution in [0, 0.1) is 0 Å². The van der Waals surface area contributed by atoms with Crippen LogP contribution in [-0.4, -0.2) is 44.1 Å². The molecule has 1 fully saturated rings. The fourth-order valence-electron chi connectivity index (χ4n) is 2.99. The van der Waals surface area contributed by atoms with E-state index >= 15 is 0 Å². The van der Waals surface area contributed by atoms with Gasteiger partial charge in [0.2, 0.25) is 11.9 Å². The molecule has 1 aliphatic rings. The summed E-state index contributed by atoms with van der Waals surface area (Å²) in [6.45, 7) is 2.64. The van der Waals surface area contributed by atoms with Gasteiger partial charge in [-0.3, -0.25) is 14.9 Å². The highest BCUT2D eigenvalue weighted by atomic mass is 16.5. The maximum atomic E-state index is 12.7. The first-order chi connectivity index (χ1) is 14.5. The lowest BCUT2D eigenvalue weighted by Gasteiger charge is -2.14. The Kier molecular flexibility index (Phi) is 7.40. The second kappa shape index (κ2) is 10.4. The predicted molar refractivity (Wildman–Crippen MR) is 116 cm³/mol. The van der Waals surface area contributed by atoms with Crippen molar-refractivity contribution in [1.82, 2.24) is 5.32 Å². The molecule has 0 radical (unpaired) electrons. The summed E-state index contributed by atoms with van der Waals surface area (Å²) in [5.74, 6) is 0.601. The third-order valence-electron chi connectivity index (χ3n) is 4.53. The Balaban J connectivity index is 1.70. The summed E-state index contributed by atoms with van der Waals surface area (Å²) in [6, 6.07) is 14.0. The van der Waals surface area contributed by atoms with E-state index in [1.165, 1.54) is 6.92 Å². The summed E-state index contributed by atoms with van der Waals surface area (Å²) in [6.07, 6.45) is 2.04. The molecule has 158 valence electrons.